The molecule has 21 heavy (non-hydrogen) atoms. The molecule has 3 heteroatoms. The van der Waals surface area contributed by atoms with Gasteiger partial charge in [-0.3, -0.25) is 0 Å². The molecule has 0 saturated carbocycles. The van der Waals surface area contributed by atoms with Gasteiger partial charge in [0.2, 0.25) is 0 Å². The molecule has 2 rings (SSSR count). The number of benzene rings is 1. The van der Waals surface area contributed by atoms with Gasteiger partial charge in [0.15, 0.2) is 0 Å². The van der Waals surface area contributed by atoms with E-state index in [1.165, 1.54) is 17.7 Å². The molecule has 1 aromatic carbocycles. The molecule has 0 aromatic heterocycles. The van der Waals surface area contributed by atoms with Crippen molar-refractivity contribution in [3.63, 3.8) is 0 Å². The average Bonchev–Trinajstić information content (AvgIpc) is 2.85. The standard InChI is InChI=1S/C18H29ClN2/c1-13(2)15-8-9-21(12-15)16-7-6-14(17(19)10-16)11-20-18(3,4)5/h6-7,10,13,15,20H,8-9,11-12H2,1-5H3. The molecular weight excluding hydrogens is 280 g/mol. The first-order chi connectivity index (χ1) is 9.76. The number of hydrogen-bond donors (Lipinski definition) is 1. The highest BCUT2D eigenvalue weighted by molar-refractivity contribution is 6.31. The van der Waals surface area contributed by atoms with Crippen LogP contribution in [0.2, 0.25) is 5.02 Å². The summed E-state index contributed by atoms with van der Waals surface area (Å²) in [6.45, 7) is 14.3. The first-order valence-corrected chi connectivity index (χ1v) is 8.42. The zero-order chi connectivity index (χ0) is 15.6. The maximum absolute atomic E-state index is 6.47. The molecule has 1 atom stereocenters. The Bertz CT molecular complexity index is 477. The molecular formula is C18H29ClN2. The minimum absolute atomic E-state index is 0.113. The van der Waals surface area contributed by atoms with Gasteiger partial charge in [-0.05, 0) is 56.7 Å². The van der Waals surface area contributed by atoms with Crippen molar-refractivity contribution < 1.29 is 0 Å². The Morgan fingerprint density at radius 3 is 2.57 bits per heavy atom. The molecule has 1 heterocycles. The van der Waals surface area contributed by atoms with Crippen LogP contribution in [0.15, 0.2) is 18.2 Å². The maximum Gasteiger partial charge on any atom is 0.0471 e. The number of hydrogen-bond acceptors (Lipinski definition) is 2. The van der Waals surface area contributed by atoms with Gasteiger partial charge in [-0.1, -0.05) is 31.5 Å². The molecule has 1 N–H and O–H groups in total. The molecule has 0 spiro atoms. The van der Waals surface area contributed by atoms with E-state index in [0.717, 1.165) is 36.5 Å². The Kier molecular flexibility index (Phi) is 5.21. The zero-order valence-electron chi connectivity index (χ0n) is 14.0. The van der Waals surface area contributed by atoms with E-state index in [0.29, 0.717) is 0 Å². The van der Waals surface area contributed by atoms with Crippen molar-refractivity contribution in [2.24, 2.45) is 11.8 Å². The predicted molar refractivity (Wildman–Crippen MR) is 93.2 cm³/mol. The summed E-state index contributed by atoms with van der Waals surface area (Å²) < 4.78 is 0. The van der Waals surface area contributed by atoms with Crippen LogP contribution in [0.25, 0.3) is 0 Å². The quantitative estimate of drug-likeness (QED) is 0.866. The molecule has 1 aliphatic rings. The van der Waals surface area contributed by atoms with E-state index in [1.807, 2.05) is 0 Å². The van der Waals surface area contributed by atoms with Crippen LogP contribution in [0.5, 0.6) is 0 Å². The van der Waals surface area contributed by atoms with Crippen LogP contribution in [0, 0.1) is 11.8 Å². The van der Waals surface area contributed by atoms with Crippen molar-refractivity contribution in [3.8, 4) is 0 Å². The van der Waals surface area contributed by atoms with Crippen LogP contribution < -0.4 is 10.2 Å². The van der Waals surface area contributed by atoms with Gasteiger partial charge in [0.25, 0.3) is 0 Å². The van der Waals surface area contributed by atoms with E-state index in [1.54, 1.807) is 0 Å². The normalized spacial score (nSPS) is 19.6. The van der Waals surface area contributed by atoms with Crippen LogP contribution in [0.3, 0.4) is 0 Å². The molecule has 118 valence electrons. The second-order valence-corrected chi connectivity index (χ2v) is 8.03. The second-order valence-electron chi connectivity index (χ2n) is 7.62. The first kappa shape index (κ1) is 16.6. The van der Waals surface area contributed by atoms with Gasteiger partial charge in [-0.2, -0.15) is 0 Å². The lowest BCUT2D eigenvalue weighted by Crippen LogP contribution is -2.35. The van der Waals surface area contributed by atoms with Gasteiger partial charge < -0.3 is 10.2 Å². The Labute approximate surface area is 134 Å². The fourth-order valence-corrected chi connectivity index (χ4v) is 3.04. The minimum atomic E-state index is 0.113. The summed E-state index contributed by atoms with van der Waals surface area (Å²) in [7, 11) is 0. The molecule has 1 saturated heterocycles. The van der Waals surface area contributed by atoms with Crippen LogP contribution in [0.4, 0.5) is 5.69 Å². The smallest absolute Gasteiger partial charge is 0.0471 e. The summed E-state index contributed by atoms with van der Waals surface area (Å²) in [5, 5.41) is 4.36. The van der Waals surface area contributed by atoms with Crippen LogP contribution >= 0.6 is 11.6 Å². The lowest BCUT2D eigenvalue weighted by atomic mass is 9.95. The highest BCUT2D eigenvalue weighted by Crippen LogP contribution is 2.31. The number of rotatable bonds is 4. The first-order valence-electron chi connectivity index (χ1n) is 8.04. The van der Waals surface area contributed by atoms with E-state index in [2.05, 4.69) is 63.0 Å². The number of anilines is 1. The SMILES string of the molecule is CC(C)C1CCN(c2ccc(CNC(C)(C)C)c(Cl)c2)C1. The number of nitrogens with zero attached hydrogens (tertiary/aromatic N) is 1. The molecule has 1 fully saturated rings. The fraction of sp³-hybridized carbons (Fsp3) is 0.667. The molecule has 2 nitrogen and oxygen atoms in total. The molecule has 0 aliphatic carbocycles. The fourth-order valence-electron chi connectivity index (χ4n) is 2.80. The van der Waals surface area contributed by atoms with Gasteiger partial charge in [0, 0.05) is 35.9 Å². The van der Waals surface area contributed by atoms with Gasteiger partial charge in [0.05, 0.1) is 0 Å². The van der Waals surface area contributed by atoms with Crippen LogP contribution in [-0.2, 0) is 6.54 Å². The van der Waals surface area contributed by atoms with Crippen molar-refractivity contribution in [1.82, 2.24) is 5.32 Å². The lowest BCUT2D eigenvalue weighted by molar-refractivity contribution is 0.422. The highest BCUT2D eigenvalue weighted by atomic mass is 35.5. The Morgan fingerprint density at radius 2 is 2.05 bits per heavy atom. The third kappa shape index (κ3) is 4.62. The van der Waals surface area contributed by atoms with E-state index < -0.39 is 0 Å². The van der Waals surface area contributed by atoms with Crippen molar-refractivity contribution in [2.75, 3.05) is 18.0 Å². The third-order valence-electron chi connectivity index (χ3n) is 4.38. The average molecular weight is 309 g/mol. The molecule has 0 radical (unpaired) electrons. The predicted octanol–water partition coefficient (Wildman–Crippen LogP) is 4.71. The Morgan fingerprint density at radius 1 is 1.33 bits per heavy atom. The van der Waals surface area contributed by atoms with Crippen molar-refractivity contribution in [1.29, 1.82) is 0 Å². The second kappa shape index (κ2) is 6.58. The molecule has 0 amide bonds. The van der Waals surface area contributed by atoms with Gasteiger partial charge >= 0.3 is 0 Å². The minimum Gasteiger partial charge on any atom is -0.371 e. The van der Waals surface area contributed by atoms with Crippen LogP contribution in [0.1, 0.15) is 46.6 Å². The maximum atomic E-state index is 6.47. The Balaban J connectivity index is 2.02. The summed E-state index contributed by atoms with van der Waals surface area (Å²) in [6.07, 6.45) is 1.29. The van der Waals surface area contributed by atoms with Gasteiger partial charge in [-0.25, -0.2) is 0 Å². The Hall–Kier alpha value is -0.730. The monoisotopic (exact) mass is 308 g/mol. The summed E-state index contributed by atoms with van der Waals surface area (Å²) in [6, 6.07) is 6.51. The van der Waals surface area contributed by atoms with Crippen LogP contribution in [-0.4, -0.2) is 18.6 Å². The largest absolute Gasteiger partial charge is 0.371 e. The summed E-state index contributed by atoms with van der Waals surface area (Å²) in [5.41, 5.74) is 2.55. The molecule has 1 unspecified atom stereocenters. The van der Waals surface area contributed by atoms with Crippen molar-refractivity contribution in [3.05, 3.63) is 28.8 Å². The zero-order valence-corrected chi connectivity index (χ0v) is 14.8. The van der Waals surface area contributed by atoms with Gasteiger partial charge in [0.1, 0.15) is 0 Å². The lowest BCUT2D eigenvalue weighted by Gasteiger charge is -2.23. The summed E-state index contributed by atoms with van der Waals surface area (Å²) in [4.78, 5) is 2.47. The van der Waals surface area contributed by atoms with Crippen molar-refractivity contribution in [2.45, 2.75) is 53.1 Å². The van der Waals surface area contributed by atoms with Crippen molar-refractivity contribution >= 4 is 17.3 Å². The van der Waals surface area contributed by atoms with E-state index in [-0.39, 0.29) is 5.54 Å². The molecule has 1 aromatic rings. The topological polar surface area (TPSA) is 15.3 Å². The molecule has 0 bridgehead atoms. The molecule has 1 aliphatic heterocycles. The van der Waals surface area contributed by atoms with E-state index in [4.69, 9.17) is 11.6 Å². The van der Waals surface area contributed by atoms with E-state index >= 15 is 0 Å². The summed E-state index contributed by atoms with van der Waals surface area (Å²) in [5.74, 6) is 1.58. The highest BCUT2D eigenvalue weighted by Gasteiger charge is 2.25. The van der Waals surface area contributed by atoms with Gasteiger partial charge in [-0.15, -0.1) is 0 Å². The number of nitrogens with one attached hydrogen (secondary N) is 1. The number of halogens is 1. The summed E-state index contributed by atoms with van der Waals surface area (Å²) >= 11 is 6.47. The third-order valence-corrected chi connectivity index (χ3v) is 4.73. The van der Waals surface area contributed by atoms with E-state index in [9.17, 15) is 0 Å².